The molecule has 0 aromatic carbocycles. The molecule has 0 aliphatic carbocycles. The van der Waals surface area contributed by atoms with Crippen LogP contribution in [0, 0.1) is 5.92 Å². The molecule has 3 heterocycles. The predicted molar refractivity (Wildman–Crippen MR) is 101 cm³/mol. The summed E-state index contributed by atoms with van der Waals surface area (Å²) in [6, 6.07) is 7.05. The molecule has 1 amide bonds. The maximum Gasteiger partial charge on any atom is 0.268 e. The minimum absolute atomic E-state index is 0.172. The van der Waals surface area contributed by atoms with Gasteiger partial charge >= 0.3 is 0 Å². The van der Waals surface area contributed by atoms with Crippen molar-refractivity contribution in [2.75, 3.05) is 20.3 Å². The number of hydrogen-bond acceptors (Lipinski definition) is 4. The van der Waals surface area contributed by atoms with Crippen molar-refractivity contribution in [3.05, 3.63) is 46.5 Å². The molecule has 26 heavy (non-hydrogen) atoms. The quantitative estimate of drug-likeness (QED) is 0.658. The van der Waals surface area contributed by atoms with E-state index in [0.29, 0.717) is 48.0 Å². The lowest BCUT2D eigenvalue weighted by Gasteiger charge is -2.11. The Balaban J connectivity index is 2.14. The lowest BCUT2D eigenvalue weighted by atomic mass is 10.2. The van der Waals surface area contributed by atoms with Gasteiger partial charge in [0, 0.05) is 33.0 Å². The summed E-state index contributed by atoms with van der Waals surface area (Å²) >= 11 is 0. The van der Waals surface area contributed by atoms with Crippen molar-refractivity contribution < 1.29 is 9.53 Å². The molecule has 0 saturated carbocycles. The third-order valence-corrected chi connectivity index (χ3v) is 4.21. The fourth-order valence-electron chi connectivity index (χ4n) is 2.92. The first-order valence-electron chi connectivity index (χ1n) is 8.80. The first-order chi connectivity index (χ1) is 12.5. The summed E-state index contributed by atoms with van der Waals surface area (Å²) in [6.45, 7) is 5.77. The summed E-state index contributed by atoms with van der Waals surface area (Å²) < 4.78 is 8.44. The molecule has 1 N–H and O–H groups in total. The molecular formula is C19H24N4O3. The molecule has 0 aliphatic heterocycles. The molecule has 0 atom stereocenters. The SMILES string of the molecule is COCCCn1c(C(=O)NCC(C)C)cc2c(=O)n3ccccc3nc21. The summed E-state index contributed by atoms with van der Waals surface area (Å²) in [4.78, 5) is 30.1. The lowest BCUT2D eigenvalue weighted by Crippen LogP contribution is -2.29. The van der Waals surface area contributed by atoms with Gasteiger partial charge in [-0.2, -0.15) is 0 Å². The highest BCUT2D eigenvalue weighted by Gasteiger charge is 2.19. The van der Waals surface area contributed by atoms with Crippen LogP contribution in [-0.2, 0) is 11.3 Å². The van der Waals surface area contributed by atoms with Crippen LogP contribution in [0.4, 0.5) is 0 Å². The van der Waals surface area contributed by atoms with Gasteiger partial charge in [-0.25, -0.2) is 4.98 Å². The maximum atomic E-state index is 12.8. The van der Waals surface area contributed by atoms with Gasteiger partial charge in [0.2, 0.25) is 0 Å². The minimum Gasteiger partial charge on any atom is -0.385 e. The standard InChI is InChI=1S/C19H24N4O3/c1-13(2)12-20-18(24)15-11-14-17(22(15)9-6-10-26-3)21-16-7-4-5-8-23(16)19(14)25/h4-5,7-8,11,13H,6,9-10,12H2,1-3H3,(H,20,24). The number of carbonyl (C=O) groups is 1. The number of methoxy groups -OCH3 is 1. The van der Waals surface area contributed by atoms with Gasteiger partial charge in [-0.3, -0.25) is 14.0 Å². The van der Waals surface area contributed by atoms with Crippen LogP contribution in [0.2, 0.25) is 0 Å². The highest BCUT2D eigenvalue weighted by atomic mass is 16.5. The van der Waals surface area contributed by atoms with Gasteiger partial charge in [-0.15, -0.1) is 0 Å². The summed E-state index contributed by atoms with van der Waals surface area (Å²) in [6.07, 6.45) is 2.41. The number of nitrogens with zero attached hydrogens (tertiary/aromatic N) is 3. The summed E-state index contributed by atoms with van der Waals surface area (Å²) in [5, 5.41) is 3.37. The average Bonchev–Trinajstić information content (AvgIpc) is 2.99. The summed E-state index contributed by atoms with van der Waals surface area (Å²) in [7, 11) is 1.64. The van der Waals surface area contributed by atoms with Crippen LogP contribution >= 0.6 is 0 Å². The van der Waals surface area contributed by atoms with Crippen molar-refractivity contribution in [3.8, 4) is 0 Å². The molecule has 0 radical (unpaired) electrons. The predicted octanol–water partition coefficient (Wildman–Crippen LogP) is 2.07. The second-order valence-electron chi connectivity index (χ2n) is 6.71. The van der Waals surface area contributed by atoms with Crippen LogP contribution < -0.4 is 10.9 Å². The molecule has 3 rings (SSSR count). The van der Waals surface area contributed by atoms with Gasteiger partial charge in [0.05, 0.1) is 5.39 Å². The van der Waals surface area contributed by atoms with Gasteiger partial charge < -0.3 is 14.6 Å². The van der Waals surface area contributed by atoms with Crippen molar-refractivity contribution in [2.45, 2.75) is 26.8 Å². The number of hydrogen-bond donors (Lipinski definition) is 1. The number of pyridine rings is 1. The molecule has 7 nitrogen and oxygen atoms in total. The Morgan fingerprint density at radius 1 is 1.35 bits per heavy atom. The van der Waals surface area contributed by atoms with Gasteiger partial charge in [0.25, 0.3) is 11.5 Å². The summed E-state index contributed by atoms with van der Waals surface area (Å²) in [5.74, 6) is 0.152. The highest BCUT2D eigenvalue weighted by molar-refractivity contribution is 5.98. The first-order valence-corrected chi connectivity index (χ1v) is 8.80. The van der Waals surface area contributed by atoms with E-state index in [4.69, 9.17) is 4.74 Å². The van der Waals surface area contributed by atoms with Crippen LogP contribution in [0.5, 0.6) is 0 Å². The fraction of sp³-hybridized carbons (Fsp3) is 0.421. The Kier molecular flexibility index (Phi) is 5.37. The van der Waals surface area contributed by atoms with Gasteiger partial charge in [-0.1, -0.05) is 19.9 Å². The average molecular weight is 356 g/mol. The Hall–Kier alpha value is -2.67. The van der Waals surface area contributed by atoms with E-state index in [2.05, 4.69) is 10.3 Å². The highest BCUT2D eigenvalue weighted by Crippen LogP contribution is 2.17. The Morgan fingerprint density at radius 3 is 2.88 bits per heavy atom. The third kappa shape index (κ3) is 3.48. The van der Waals surface area contributed by atoms with Gasteiger partial charge in [0.15, 0.2) is 0 Å². The second-order valence-corrected chi connectivity index (χ2v) is 6.71. The molecule has 7 heteroatoms. The van der Waals surface area contributed by atoms with Crippen LogP contribution in [0.1, 0.15) is 30.8 Å². The Bertz CT molecular complexity index is 988. The van der Waals surface area contributed by atoms with E-state index in [1.807, 2.05) is 24.5 Å². The maximum absolute atomic E-state index is 12.8. The monoisotopic (exact) mass is 356 g/mol. The Morgan fingerprint density at radius 2 is 2.15 bits per heavy atom. The summed E-state index contributed by atoms with van der Waals surface area (Å²) in [5.41, 5.74) is 1.38. The zero-order valence-electron chi connectivity index (χ0n) is 15.4. The number of fused-ring (bicyclic) bond motifs is 2. The molecular weight excluding hydrogens is 332 g/mol. The molecule has 3 aromatic heterocycles. The number of ether oxygens (including phenoxy) is 1. The van der Waals surface area contributed by atoms with Crippen molar-refractivity contribution in [1.29, 1.82) is 0 Å². The van der Waals surface area contributed by atoms with Gasteiger partial charge in [-0.05, 0) is 30.5 Å². The van der Waals surface area contributed by atoms with Crippen LogP contribution in [0.3, 0.4) is 0 Å². The topological polar surface area (TPSA) is 77.6 Å². The zero-order valence-corrected chi connectivity index (χ0v) is 15.4. The van der Waals surface area contributed by atoms with E-state index in [9.17, 15) is 9.59 Å². The fourth-order valence-corrected chi connectivity index (χ4v) is 2.92. The normalized spacial score (nSPS) is 11.5. The first kappa shape index (κ1) is 18.1. The minimum atomic E-state index is -0.192. The van der Waals surface area contributed by atoms with Crippen LogP contribution in [0.15, 0.2) is 35.3 Å². The van der Waals surface area contributed by atoms with Crippen molar-refractivity contribution in [1.82, 2.24) is 19.3 Å². The van der Waals surface area contributed by atoms with E-state index in [1.54, 1.807) is 31.5 Å². The molecule has 138 valence electrons. The van der Waals surface area contributed by atoms with Crippen LogP contribution in [0.25, 0.3) is 16.7 Å². The second kappa shape index (κ2) is 7.70. The zero-order chi connectivity index (χ0) is 18.7. The van der Waals surface area contributed by atoms with Crippen molar-refractivity contribution in [3.63, 3.8) is 0 Å². The molecule has 0 bridgehead atoms. The smallest absolute Gasteiger partial charge is 0.268 e. The molecule has 0 fully saturated rings. The van der Waals surface area contributed by atoms with E-state index in [-0.39, 0.29) is 11.5 Å². The van der Waals surface area contributed by atoms with Gasteiger partial charge in [0.1, 0.15) is 17.0 Å². The third-order valence-electron chi connectivity index (χ3n) is 4.21. The number of amides is 1. The largest absolute Gasteiger partial charge is 0.385 e. The van der Waals surface area contributed by atoms with E-state index in [0.717, 1.165) is 6.42 Å². The van der Waals surface area contributed by atoms with E-state index < -0.39 is 0 Å². The van der Waals surface area contributed by atoms with Crippen LogP contribution in [-0.4, -0.2) is 40.1 Å². The van der Waals surface area contributed by atoms with Crippen molar-refractivity contribution >= 4 is 22.6 Å². The van der Waals surface area contributed by atoms with E-state index >= 15 is 0 Å². The number of carbonyl (C=O) groups excluding carboxylic acids is 1. The molecule has 0 aliphatic rings. The number of rotatable bonds is 7. The van der Waals surface area contributed by atoms with E-state index in [1.165, 1.54) is 4.40 Å². The van der Waals surface area contributed by atoms with Crippen molar-refractivity contribution in [2.24, 2.45) is 5.92 Å². The Labute approximate surface area is 151 Å². The molecule has 0 spiro atoms. The lowest BCUT2D eigenvalue weighted by molar-refractivity contribution is 0.0939. The number of aromatic nitrogens is 3. The number of aryl methyl sites for hydroxylation is 1. The molecule has 0 saturated heterocycles. The molecule has 0 unspecified atom stereocenters. The number of nitrogens with one attached hydrogen (secondary N) is 1. The molecule has 3 aromatic rings.